The van der Waals surface area contributed by atoms with E-state index in [2.05, 4.69) is 16.2 Å². The van der Waals surface area contributed by atoms with Crippen LogP contribution in [0.2, 0.25) is 0 Å². The van der Waals surface area contributed by atoms with Crippen molar-refractivity contribution in [3.63, 3.8) is 0 Å². The Bertz CT molecular complexity index is 1130. The van der Waals surface area contributed by atoms with E-state index in [1.54, 1.807) is 40.2 Å². The predicted molar refractivity (Wildman–Crippen MR) is 105 cm³/mol. The largest absolute Gasteiger partial charge is 0.354 e. The molecule has 3 aromatic rings. The molecule has 0 N–H and O–H groups in total. The van der Waals surface area contributed by atoms with E-state index in [4.69, 9.17) is 5.26 Å². The normalized spacial score (nSPS) is 18.2. The van der Waals surface area contributed by atoms with Crippen LogP contribution in [0.1, 0.15) is 28.0 Å². The Morgan fingerprint density at radius 1 is 1.21 bits per heavy atom. The molecule has 8 heteroatoms. The second kappa shape index (κ2) is 6.71. The maximum atomic E-state index is 13.4. The van der Waals surface area contributed by atoms with Crippen molar-refractivity contribution in [2.45, 2.75) is 19.1 Å². The molecule has 1 amide bonds. The number of aromatic nitrogens is 3. The summed E-state index contributed by atoms with van der Waals surface area (Å²) < 4.78 is 15.0. The van der Waals surface area contributed by atoms with E-state index in [-0.39, 0.29) is 5.91 Å². The fraction of sp³-hybridized carbons (Fsp3) is 0.238. The van der Waals surface area contributed by atoms with Crippen molar-refractivity contribution in [2.24, 2.45) is 0 Å². The summed E-state index contributed by atoms with van der Waals surface area (Å²) in [4.78, 5) is 20.8. The Kier molecular flexibility index (Phi) is 4.02. The molecular formula is C21H17FN6O. The van der Waals surface area contributed by atoms with Crippen LogP contribution in [0.3, 0.4) is 0 Å². The van der Waals surface area contributed by atoms with Crippen molar-refractivity contribution in [1.82, 2.24) is 14.8 Å². The van der Waals surface area contributed by atoms with Crippen molar-refractivity contribution >= 4 is 17.4 Å². The van der Waals surface area contributed by atoms with Crippen LogP contribution in [0.5, 0.6) is 0 Å². The third kappa shape index (κ3) is 3.01. The van der Waals surface area contributed by atoms with Crippen molar-refractivity contribution in [1.29, 1.82) is 5.26 Å². The zero-order valence-electron chi connectivity index (χ0n) is 15.5. The molecule has 5 rings (SSSR count). The number of fused-ring (bicyclic) bond motifs is 1. The number of halogens is 1. The molecule has 0 aliphatic carbocycles. The average Bonchev–Trinajstić information content (AvgIpc) is 3.44. The first-order chi connectivity index (χ1) is 14.1. The highest BCUT2D eigenvalue weighted by Gasteiger charge is 2.32. The van der Waals surface area contributed by atoms with Crippen molar-refractivity contribution in [2.75, 3.05) is 22.9 Å². The number of amides is 1. The lowest BCUT2D eigenvalue weighted by Gasteiger charge is -2.17. The molecule has 1 atom stereocenters. The Morgan fingerprint density at radius 3 is 2.79 bits per heavy atom. The van der Waals surface area contributed by atoms with Crippen LogP contribution in [-0.2, 0) is 6.54 Å². The summed E-state index contributed by atoms with van der Waals surface area (Å²) in [5.74, 6) is 0.602. The lowest BCUT2D eigenvalue weighted by molar-refractivity contribution is 0.0996. The highest BCUT2D eigenvalue weighted by Crippen LogP contribution is 2.29. The Balaban J connectivity index is 1.37. The standard InChI is InChI=1S/C21H17FN6O/c22-15-6-7-26(11-15)20-5-4-17(10-24-20)28-12-18-19(25-28)13-27(21(18)29)16-3-1-2-14(8-16)9-23/h1-5,8,10,12,15H,6-7,11,13H2/t15-/m0/s1. The summed E-state index contributed by atoms with van der Waals surface area (Å²) in [6, 6.07) is 12.8. The summed E-state index contributed by atoms with van der Waals surface area (Å²) in [5, 5.41) is 13.6. The molecule has 7 nitrogen and oxygen atoms in total. The van der Waals surface area contributed by atoms with Gasteiger partial charge in [0, 0.05) is 18.4 Å². The molecule has 0 saturated carbocycles. The number of nitriles is 1. The van der Waals surface area contributed by atoms with Gasteiger partial charge in [-0.25, -0.2) is 14.1 Å². The van der Waals surface area contributed by atoms with Crippen LogP contribution in [-0.4, -0.2) is 39.9 Å². The second-order valence-corrected chi connectivity index (χ2v) is 7.19. The minimum absolute atomic E-state index is 0.142. The number of benzene rings is 1. The first-order valence-corrected chi connectivity index (χ1v) is 9.38. The molecule has 1 fully saturated rings. The molecule has 29 heavy (non-hydrogen) atoms. The van der Waals surface area contributed by atoms with Crippen molar-refractivity contribution in [3.05, 3.63) is 65.6 Å². The zero-order chi connectivity index (χ0) is 20.0. The summed E-state index contributed by atoms with van der Waals surface area (Å²) in [6.07, 6.45) is 3.12. The Morgan fingerprint density at radius 2 is 2.10 bits per heavy atom. The summed E-state index contributed by atoms with van der Waals surface area (Å²) in [7, 11) is 0. The summed E-state index contributed by atoms with van der Waals surface area (Å²) in [5.41, 5.74) is 3.15. The van der Waals surface area contributed by atoms with Gasteiger partial charge in [-0.2, -0.15) is 10.4 Å². The third-order valence-electron chi connectivity index (χ3n) is 5.31. The number of alkyl halides is 1. The van der Waals surface area contributed by atoms with E-state index in [1.165, 1.54) is 0 Å². The minimum Gasteiger partial charge on any atom is -0.354 e. The van der Waals surface area contributed by atoms with E-state index < -0.39 is 6.17 Å². The molecule has 144 valence electrons. The maximum Gasteiger partial charge on any atom is 0.262 e. The van der Waals surface area contributed by atoms with Gasteiger partial charge < -0.3 is 9.80 Å². The van der Waals surface area contributed by atoms with Gasteiger partial charge in [0.05, 0.1) is 47.9 Å². The van der Waals surface area contributed by atoms with Gasteiger partial charge in [-0.3, -0.25) is 4.79 Å². The number of nitrogens with zero attached hydrogens (tertiary/aromatic N) is 6. The molecule has 2 aliphatic rings. The van der Waals surface area contributed by atoms with E-state index in [1.807, 2.05) is 23.1 Å². The van der Waals surface area contributed by atoms with Gasteiger partial charge in [-0.15, -0.1) is 0 Å². The average molecular weight is 388 g/mol. The van der Waals surface area contributed by atoms with Gasteiger partial charge in [0.2, 0.25) is 0 Å². The molecule has 0 bridgehead atoms. The lowest BCUT2D eigenvalue weighted by Crippen LogP contribution is -2.24. The number of rotatable bonds is 3. The number of carbonyl (C=O) groups excluding carboxylic acids is 1. The van der Waals surface area contributed by atoms with Crippen LogP contribution in [0.25, 0.3) is 5.69 Å². The highest BCUT2D eigenvalue weighted by atomic mass is 19.1. The minimum atomic E-state index is -0.798. The molecule has 0 radical (unpaired) electrons. The lowest BCUT2D eigenvalue weighted by atomic mass is 10.2. The van der Waals surface area contributed by atoms with Crippen LogP contribution in [0, 0.1) is 11.3 Å². The first-order valence-electron chi connectivity index (χ1n) is 9.38. The number of pyridine rings is 1. The number of carbonyl (C=O) groups is 1. The Hall–Kier alpha value is -3.73. The van der Waals surface area contributed by atoms with Gasteiger partial charge in [-0.05, 0) is 36.8 Å². The number of hydrogen-bond donors (Lipinski definition) is 0. The highest BCUT2D eigenvalue weighted by molar-refractivity contribution is 6.09. The monoisotopic (exact) mass is 388 g/mol. The van der Waals surface area contributed by atoms with Crippen LogP contribution in [0.4, 0.5) is 15.9 Å². The van der Waals surface area contributed by atoms with Gasteiger partial charge in [0.25, 0.3) is 5.91 Å². The topological polar surface area (TPSA) is 78.1 Å². The molecule has 2 aromatic heterocycles. The van der Waals surface area contributed by atoms with Crippen LogP contribution >= 0.6 is 0 Å². The SMILES string of the molecule is N#Cc1cccc(N2Cc3nn(-c4ccc(N5CC[C@H](F)C5)nc4)cc3C2=O)c1. The second-order valence-electron chi connectivity index (χ2n) is 7.19. The van der Waals surface area contributed by atoms with E-state index >= 15 is 0 Å². The van der Waals surface area contributed by atoms with Gasteiger partial charge >= 0.3 is 0 Å². The van der Waals surface area contributed by atoms with E-state index in [0.29, 0.717) is 48.6 Å². The summed E-state index contributed by atoms with van der Waals surface area (Å²) in [6.45, 7) is 1.40. The molecule has 0 unspecified atom stereocenters. The smallest absolute Gasteiger partial charge is 0.262 e. The molecule has 4 heterocycles. The third-order valence-corrected chi connectivity index (χ3v) is 5.31. The fourth-order valence-corrected chi connectivity index (χ4v) is 3.78. The van der Waals surface area contributed by atoms with Gasteiger partial charge in [0.15, 0.2) is 0 Å². The zero-order valence-corrected chi connectivity index (χ0v) is 15.5. The van der Waals surface area contributed by atoms with E-state index in [0.717, 1.165) is 11.5 Å². The number of anilines is 2. The summed E-state index contributed by atoms with van der Waals surface area (Å²) >= 11 is 0. The van der Waals surface area contributed by atoms with Crippen LogP contribution in [0.15, 0.2) is 48.8 Å². The quantitative estimate of drug-likeness (QED) is 0.689. The van der Waals surface area contributed by atoms with Crippen molar-refractivity contribution < 1.29 is 9.18 Å². The Labute approximate surface area is 166 Å². The molecule has 2 aliphatic heterocycles. The fourth-order valence-electron chi connectivity index (χ4n) is 3.78. The van der Waals surface area contributed by atoms with Gasteiger partial charge in [0.1, 0.15) is 12.0 Å². The molecule has 1 saturated heterocycles. The molecular weight excluding hydrogens is 371 g/mol. The number of hydrogen-bond acceptors (Lipinski definition) is 5. The van der Waals surface area contributed by atoms with Gasteiger partial charge in [-0.1, -0.05) is 6.07 Å². The molecule has 0 spiro atoms. The first kappa shape index (κ1) is 17.4. The van der Waals surface area contributed by atoms with Crippen molar-refractivity contribution in [3.8, 4) is 11.8 Å². The maximum absolute atomic E-state index is 13.4. The predicted octanol–water partition coefficient (Wildman–Crippen LogP) is 2.85. The molecule has 1 aromatic carbocycles. The van der Waals surface area contributed by atoms with E-state index in [9.17, 15) is 9.18 Å². The van der Waals surface area contributed by atoms with Crippen LogP contribution < -0.4 is 9.80 Å².